The maximum atomic E-state index is 13.1. The maximum Gasteiger partial charge on any atom is 0.230 e. The molecule has 1 atom stereocenters. The van der Waals surface area contributed by atoms with Crippen LogP contribution in [0, 0.1) is 6.92 Å². The Morgan fingerprint density at radius 3 is 2.45 bits per heavy atom. The normalized spacial score (nSPS) is 14.5. The van der Waals surface area contributed by atoms with Gasteiger partial charge < -0.3 is 4.90 Å². The van der Waals surface area contributed by atoms with Crippen LogP contribution in [0.25, 0.3) is 0 Å². The van der Waals surface area contributed by atoms with Crippen LogP contribution in [0.4, 0.5) is 0 Å². The van der Waals surface area contributed by atoms with Gasteiger partial charge in [-0.05, 0) is 48.1 Å². The number of aromatic nitrogens is 1. The van der Waals surface area contributed by atoms with Crippen LogP contribution < -0.4 is 4.72 Å². The SMILES string of the molecule is Cc1ncc2c(c1CNS(=O)(=O)Cc1ccccc1)CCN(C(=O)[C@H](C)c1ccccc1)C2. The first kappa shape index (κ1) is 23.1. The second-order valence-electron chi connectivity index (χ2n) is 8.53. The zero-order valence-corrected chi connectivity index (χ0v) is 19.8. The van der Waals surface area contributed by atoms with Crippen LogP contribution in [0.3, 0.4) is 0 Å². The summed E-state index contributed by atoms with van der Waals surface area (Å²) in [7, 11) is -3.48. The Balaban J connectivity index is 1.47. The number of hydrogen-bond donors (Lipinski definition) is 1. The number of rotatable bonds is 7. The van der Waals surface area contributed by atoms with E-state index in [1.54, 1.807) is 12.1 Å². The molecule has 2 aromatic carbocycles. The summed E-state index contributed by atoms with van der Waals surface area (Å²) in [6, 6.07) is 18.9. The molecular weight excluding hydrogens is 434 g/mol. The van der Waals surface area contributed by atoms with E-state index < -0.39 is 10.0 Å². The Labute approximate surface area is 195 Å². The number of pyridine rings is 1. The fourth-order valence-corrected chi connectivity index (χ4v) is 5.43. The summed E-state index contributed by atoms with van der Waals surface area (Å²) in [5.74, 6) is -0.178. The highest BCUT2D eigenvalue weighted by Crippen LogP contribution is 2.27. The monoisotopic (exact) mass is 463 g/mol. The average molecular weight is 464 g/mol. The number of amides is 1. The first-order valence-electron chi connectivity index (χ1n) is 11.2. The lowest BCUT2D eigenvalue weighted by molar-refractivity contribution is -0.133. The Bertz CT molecular complexity index is 1230. The molecule has 0 aliphatic carbocycles. The highest BCUT2D eigenvalue weighted by atomic mass is 32.2. The Kier molecular flexibility index (Phi) is 6.91. The number of aryl methyl sites for hydroxylation is 1. The van der Waals surface area contributed by atoms with Crippen molar-refractivity contribution in [1.82, 2.24) is 14.6 Å². The highest BCUT2D eigenvalue weighted by molar-refractivity contribution is 7.88. The summed E-state index contributed by atoms with van der Waals surface area (Å²) >= 11 is 0. The van der Waals surface area contributed by atoms with E-state index in [1.165, 1.54) is 0 Å². The Morgan fingerprint density at radius 2 is 1.76 bits per heavy atom. The summed E-state index contributed by atoms with van der Waals surface area (Å²) in [6.07, 6.45) is 2.50. The van der Waals surface area contributed by atoms with Crippen molar-refractivity contribution in [3.05, 3.63) is 100 Å². The van der Waals surface area contributed by atoms with Crippen LogP contribution in [0.5, 0.6) is 0 Å². The van der Waals surface area contributed by atoms with Crippen LogP contribution in [0.15, 0.2) is 66.9 Å². The van der Waals surface area contributed by atoms with Gasteiger partial charge in [0.15, 0.2) is 0 Å². The zero-order chi connectivity index (χ0) is 23.4. The molecule has 0 unspecified atom stereocenters. The lowest BCUT2D eigenvalue weighted by atomic mass is 9.93. The van der Waals surface area contributed by atoms with Gasteiger partial charge in [0.05, 0.1) is 11.7 Å². The molecule has 6 nitrogen and oxygen atoms in total. The summed E-state index contributed by atoms with van der Waals surface area (Å²) in [4.78, 5) is 19.5. The first-order chi connectivity index (χ1) is 15.8. The quantitative estimate of drug-likeness (QED) is 0.580. The third-order valence-corrected chi connectivity index (χ3v) is 7.54. The van der Waals surface area contributed by atoms with Crippen molar-refractivity contribution >= 4 is 15.9 Å². The molecule has 33 heavy (non-hydrogen) atoms. The molecule has 4 rings (SSSR count). The van der Waals surface area contributed by atoms with E-state index in [1.807, 2.05) is 73.5 Å². The minimum Gasteiger partial charge on any atom is -0.337 e. The summed E-state index contributed by atoms with van der Waals surface area (Å²) in [6.45, 7) is 5.13. The van der Waals surface area contributed by atoms with Crippen molar-refractivity contribution in [1.29, 1.82) is 0 Å². The Hall–Kier alpha value is -3.03. The topological polar surface area (TPSA) is 79.4 Å². The standard InChI is InChI=1S/C26H29N3O3S/c1-19(22-11-7-4-8-12-22)26(30)29-14-13-24-23(17-29)15-27-20(2)25(24)16-28-33(31,32)18-21-9-5-3-6-10-21/h3-12,15,19,28H,13-14,16-18H2,1-2H3/t19-/m1/s1. The summed E-state index contributed by atoms with van der Waals surface area (Å²) in [5, 5.41) is 0. The molecule has 0 fully saturated rings. The summed E-state index contributed by atoms with van der Waals surface area (Å²) in [5.41, 5.74) is 5.56. The van der Waals surface area contributed by atoms with Gasteiger partial charge in [0.1, 0.15) is 0 Å². The van der Waals surface area contributed by atoms with Crippen LogP contribution >= 0.6 is 0 Å². The molecule has 0 spiro atoms. The molecule has 1 aromatic heterocycles. The van der Waals surface area contributed by atoms with Crippen molar-refractivity contribution in [2.24, 2.45) is 0 Å². The van der Waals surface area contributed by atoms with E-state index in [-0.39, 0.29) is 24.1 Å². The number of nitrogens with one attached hydrogen (secondary N) is 1. The second kappa shape index (κ2) is 9.85. The second-order valence-corrected chi connectivity index (χ2v) is 10.3. The number of carbonyl (C=O) groups is 1. The van der Waals surface area contributed by atoms with Gasteiger partial charge in [-0.3, -0.25) is 9.78 Å². The van der Waals surface area contributed by atoms with Crippen molar-refractivity contribution in [2.75, 3.05) is 6.54 Å². The van der Waals surface area contributed by atoms with Crippen LogP contribution in [0.2, 0.25) is 0 Å². The van der Waals surface area contributed by atoms with Crippen molar-refractivity contribution < 1.29 is 13.2 Å². The van der Waals surface area contributed by atoms with E-state index >= 15 is 0 Å². The molecule has 1 aliphatic heterocycles. The summed E-state index contributed by atoms with van der Waals surface area (Å²) < 4.78 is 28.0. The largest absolute Gasteiger partial charge is 0.337 e. The van der Waals surface area contributed by atoms with Crippen molar-refractivity contribution in [3.63, 3.8) is 0 Å². The minimum absolute atomic E-state index is 0.0605. The smallest absolute Gasteiger partial charge is 0.230 e. The van der Waals surface area contributed by atoms with Gasteiger partial charge in [0, 0.05) is 31.5 Å². The number of carbonyl (C=O) groups excluding carboxylic acids is 1. The molecule has 3 aromatic rings. The minimum atomic E-state index is -3.48. The number of fused-ring (bicyclic) bond motifs is 1. The van der Waals surface area contributed by atoms with Gasteiger partial charge in [-0.25, -0.2) is 13.1 Å². The molecule has 0 saturated heterocycles. The van der Waals surface area contributed by atoms with Gasteiger partial charge in [0.2, 0.25) is 15.9 Å². The molecule has 1 N–H and O–H groups in total. The van der Waals surface area contributed by atoms with E-state index in [0.717, 1.165) is 33.5 Å². The van der Waals surface area contributed by atoms with Gasteiger partial charge >= 0.3 is 0 Å². The molecule has 7 heteroatoms. The molecule has 2 heterocycles. The first-order valence-corrected chi connectivity index (χ1v) is 12.8. The zero-order valence-electron chi connectivity index (χ0n) is 19.0. The molecule has 1 amide bonds. The fraction of sp³-hybridized carbons (Fsp3) is 0.308. The lowest BCUT2D eigenvalue weighted by Crippen LogP contribution is -2.39. The number of sulfonamides is 1. The lowest BCUT2D eigenvalue weighted by Gasteiger charge is -2.32. The molecule has 0 bridgehead atoms. The van der Waals surface area contributed by atoms with Gasteiger partial charge in [-0.1, -0.05) is 60.7 Å². The Morgan fingerprint density at radius 1 is 1.09 bits per heavy atom. The van der Waals surface area contributed by atoms with Crippen molar-refractivity contribution in [3.8, 4) is 0 Å². The van der Waals surface area contributed by atoms with Crippen LogP contribution in [-0.2, 0) is 40.1 Å². The maximum absolute atomic E-state index is 13.1. The predicted octanol–water partition coefficient (Wildman–Crippen LogP) is 3.70. The van der Waals surface area contributed by atoms with E-state index in [9.17, 15) is 13.2 Å². The average Bonchev–Trinajstić information content (AvgIpc) is 2.83. The number of nitrogens with zero attached hydrogens (tertiary/aromatic N) is 2. The van der Waals surface area contributed by atoms with Crippen LogP contribution in [0.1, 0.15) is 46.4 Å². The van der Waals surface area contributed by atoms with E-state index in [0.29, 0.717) is 19.5 Å². The fourth-order valence-electron chi connectivity index (χ4n) is 4.33. The van der Waals surface area contributed by atoms with E-state index in [4.69, 9.17) is 0 Å². The van der Waals surface area contributed by atoms with Gasteiger partial charge in [0.25, 0.3) is 0 Å². The van der Waals surface area contributed by atoms with Crippen molar-refractivity contribution in [2.45, 2.75) is 45.0 Å². The highest BCUT2D eigenvalue weighted by Gasteiger charge is 2.27. The number of benzene rings is 2. The third-order valence-electron chi connectivity index (χ3n) is 6.25. The third kappa shape index (κ3) is 5.49. The molecule has 172 valence electrons. The van der Waals surface area contributed by atoms with Gasteiger partial charge in [-0.2, -0.15) is 0 Å². The molecule has 1 aliphatic rings. The van der Waals surface area contributed by atoms with Crippen LogP contribution in [-0.4, -0.2) is 30.8 Å². The molecular formula is C26H29N3O3S. The molecule has 0 radical (unpaired) electrons. The molecule has 0 saturated carbocycles. The number of hydrogen-bond acceptors (Lipinski definition) is 4. The predicted molar refractivity (Wildman–Crippen MR) is 129 cm³/mol. The van der Waals surface area contributed by atoms with Gasteiger partial charge in [-0.15, -0.1) is 0 Å². The van der Waals surface area contributed by atoms with E-state index in [2.05, 4.69) is 9.71 Å².